The molecule has 1 aromatic rings. The molecule has 0 amide bonds. The second kappa shape index (κ2) is 4.31. The lowest BCUT2D eigenvalue weighted by Crippen LogP contribution is -2.02. The van der Waals surface area contributed by atoms with E-state index in [9.17, 15) is 21.2 Å². The molecule has 0 aromatic heterocycles. The Balaban J connectivity index is 3.20. The summed E-state index contributed by atoms with van der Waals surface area (Å²) in [5.41, 5.74) is 0.0971. The third kappa shape index (κ3) is 3.73. The maximum atomic E-state index is 13.3. The monoisotopic (exact) mass is 286 g/mol. The summed E-state index contributed by atoms with van der Waals surface area (Å²) in [5.74, 6) is -1.53. The Morgan fingerprint density at radius 3 is 2.19 bits per heavy atom. The van der Waals surface area contributed by atoms with Gasteiger partial charge in [-0.05, 0) is 17.7 Å². The Kier molecular flexibility index (Phi) is 3.61. The van der Waals surface area contributed by atoms with E-state index in [-0.39, 0.29) is 5.56 Å². The molecule has 0 atom stereocenters. The number of sulfone groups is 1. The van der Waals surface area contributed by atoms with E-state index in [2.05, 4.69) is 0 Å². The van der Waals surface area contributed by atoms with Gasteiger partial charge < -0.3 is 0 Å². The fourth-order valence-corrected chi connectivity index (χ4v) is 2.82. The van der Waals surface area contributed by atoms with Crippen molar-refractivity contribution in [1.29, 1.82) is 0 Å². The van der Waals surface area contributed by atoms with Crippen molar-refractivity contribution in [3.8, 4) is 0 Å². The summed E-state index contributed by atoms with van der Waals surface area (Å²) in [4.78, 5) is -0.469. The highest BCUT2D eigenvalue weighted by Crippen LogP contribution is 2.18. The van der Waals surface area contributed by atoms with Gasteiger partial charge in [0.15, 0.2) is 9.84 Å². The molecule has 0 N–H and O–H groups in total. The molecule has 1 aromatic carbocycles. The molecule has 4 nitrogen and oxygen atoms in total. The van der Waals surface area contributed by atoms with Crippen LogP contribution in [0.15, 0.2) is 23.1 Å². The van der Waals surface area contributed by atoms with Crippen LogP contribution in [-0.2, 0) is 24.6 Å². The minimum Gasteiger partial charge on any atom is -0.224 e. The molecule has 0 spiro atoms. The molecule has 0 unspecified atom stereocenters. The third-order valence-corrected chi connectivity index (χ3v) is 3.87. The van der Waals surface area contributed by atoms with Gasteiger partial charge in [-0.2, -0.15) is 0 Å². The van der Waals surface area contributed by atoms with Crippen LogP contribution < -0.4 is 0 Å². The van der Waals surface area contributed by atoms with Crippen LogP contribution in [0.2, 0.25) is 0 Å². The molecule has 0 heterocycles. The van der Waals surface area contributed by atoms with Gasteiger partial charge in [0.25, 0.3) is 0 Å². The lowest BCUT2D eigenvalue weighted by molar-refractivity contribution is 0.570. The molecule has 0 radical (unpaired) electrons. The Hall–Kier alpha value is -0.660. The zero-order valence-corrected chi connectivity index (χ0v) is 10.5. The lowest BCUT2D eigenvalue weighted by Gasteiger charge is -2.03. The second-order valence-corrected chi connectivity index (χ2v) is 7.98. The first-order valence-corrected chi connectivity index (χ1v) is 8.37. The first-order valence-electron chi connectivity index (χ1n) is 4.00. The van der Waals surface area contributed by atoms with E-state index in [4.69, 9.17) is 10.7 Å². The predicted octanol–water partition coefficient (Wildman–Crippen LogP) is 1.30. The largest absolute Gasteiger partial charge is 0.236 e. The average Bonchev–Trinajstić information content (AvgIpc) is 1.97. The maximum absolute atomic E-state index is 13.3. The SMILES string of the molecule is CS(=O)(=O)c1ccc(CS(=O)(=O)Cl)cc1F. The average molecular weight is 287 g/mol. The van der Waals surface area contributed by atoms with Gasteiger partial charge in [0.05, 0.1) is 5.75 Å². The minimum absolute atomic E-state index is 0.0971. The first-order chi connectivity index (χ1) is 7.09. The van der Waals surface area contributed by atoms with Crippen LogP contribution in [0.1, 0.15) is 5.56 Å². The van der Waals surface area contributed by atoms with Crippen LogP contribution in [0.4, 0.5) is 4.39 Å². The molecule has 8 heteroatoms. The molecule has 0 aliphatic heterocycles. The van der Waals surface area contributed by atoms with Crippen molar-refractivity contribution in [2.75, 3.05) is 6.26 Å². The molecule has 90 valence electrons. The topological polar surface area (TPSA) is 68.3 Å². The molecular formula is C8H8ClFO4S2. The van der Waals surface area contributed by atoms with Crippen molar-refractivity contribution in [3.63, 3.8) is 0 Å². The highest BCUT2D eigenvalue weighted by atomic mass is 35.7. The van der Waals surface area contributed by atoms with Crippen molar-refractivity contribution in [1.82, 2.24) is 0 Å². The van der Waals surface area contributed by atoms with E-state index in [1.807, 2.05) is 0 Å². The minimum atomic E-state index is -3.79. The lowest BCUT2D eigenvalue weighted by atomic mass is 10.2. The van der Waals surface area contributed by atoms with E-state index in [0.717, 1.165) is 18.4 Å². The van der Waals surface area contributed by atoms with Gasteiger partial charge in [-0.3, -0.25) is 0 Å². The second-order valence-electron chi connectivity index (χ2n) is 3.22. The molecular weight excluding hydrogens is 279 g/mol. The molecule has 0 aliphatic carbocycles. The maximum Gasteiger partial charge on any atom is 0.236 e. The smallest absolute Gasteiger partial charge is 0.224 e. The van der Waals surface area contributed by atoms with Crippen LogP contribution in [0.25, 0.3) is 0 Å². The summed E-state index contributed by atoms with van der Waals surface area (Å²) < 4.78 is 56.9. The fraction of sp³-hybridized carbons (Fsp3) is 0.250. The van der Waals surface area contributed by atoms with Crippen LogP contribution in [0.3, 0.4) is 0 Å². The highest BCUT2D eigenvalue weighted by Gasteiger charge is 2.15. The third-order valence-electron chi connectivity index (χ3n) is 1.73. The van der Waals surface area contributed by atoms with Crippen molar-refractivity contribution < 1.29 is 21.2 Å². The molecule has 0 aliphatic rings. The van der Waals surface area contributed by atoms with E-state index in [1.165, 1.54) is 6.07 Å². The van der Waals surface area contributed by atoms with Gasteiger partial charge in [-0.1, -0.05) is 6.07 Å². The first kappa shape index (κ1) is 13.4. The molecule has 0 fully saturated rings. The number of halogens is 2. The number of hydrogen-bond acceptors (Lipinski definition) is 4. The Labute approximate surface area is 97.4 Å². The molecule has 16 heavy (non-hydrogen) atoms. The van der Waals surface area contributed by atoms with Crippen molar-refractivity contribution in [2.24, 2.45) is 0 Å². The standard InChI is InChI=1S/C8H8ClFO4S2/c1-15(11,12)8-3-2-6(4-7(8)10)5-16(9,13)14/h2-4H,5H2,1H3. The van der Waals surface area contributed by atoms with Gasteiger partial charge in [-0.25, -0.2) is 21.2 Å². The van der Waals surface area contributed by atoms with Gasteiger partial charge in [0.2, 0.25) is 9.05 Å². The van der Waals surface area contributed by atoms with E-state index in [1.54, 1.807) is 0 Å². The van der Waals surface area contributed by atoms with E-state index >= 15 is 0 Å². The van der Waals surface area contributed by atoms with Gasteiger partial charge in [0, 0.05) is 16.9 Å². The summed E-state index contributed by atoms with van der Waals surface area (Å²) in [6.45, 7) is 0. The van der Waals surface area contributed by atoms with Gasteiger partial charge >= 0.3 is 0 Å². The number of hydrogen-bond donors (Lipinski definition) is 0. The van der Waals surface area contributed by atoms with Crippen LogP contribution in [0, 0.1) is 5.82 Å². The summed E-state index contributed by atoms with van der Waals surface area (Å²) in [5, 5.41) is 0. The van der Waals surface area contributed by atoms with Crippen molar-refractivity contribution in [3.05, 3.63) is 29.6 Å². The van der Waals surface area contributed by atoms with E-state index in [0.29, 0.717) is 0 Å². The molecule has 0 bridgehead atoms. The zero-order valence-electron chi connectivity index (χ0n) is 8.14. The predicted molar refractivity (Wildman–Crippen MR) is 58.0 cm³/mol. The number of rotatable bonds is 3. The van der Waals surface area contributed by atoms with Crippen LogP contribution in [-0.4, -0.2) is 23.1 Å². The fourth-order valence-electron chi connectivity index (χ4n) is 1.13. The van der Waals surface area contributed by atoms with Crippen LogP contribution >= 0.6 is 10.7 Å². The van der Waals surface area contributed by atoms with E-state index < -0.39 is 35.4 Å². The number of benzene rings is 1. The van der Waals surface area contributed by atoms with Crippen LogP contribution in [0.5, 0.6) is 0 Å². The zero-order chi connectivity index (χ0) is 12.6. The molecule has 0 saturated carbocycles. The normalized spacial score (nSPS) is 12.7. The van der Waals surface area contributed by atoms with Crippen molar-refractivity contribution in [2.45, 2.75) is 10.6 Å². The summed E-state index contributed by atoms with van der Waals surface area (Å²) in [6.07, 6.45) is 0.864. The van der Waals surface area contributed by atoms with Gasteiger partial charge in [-0.15, -0.1) is 0 Å². The molecule has 1 rings (SSSR count). The summed E-state index contributed by atoms with van der Waals surface area (Å²) in [7, 11) is -2.46. The summed E-state index contributed by atoms with van der Waals surface area (Å²) >= 11 is 0. The Morgan fingerprint density at radius 1 is 1.25 bits per heavy atom. The van der Waals surface area contributed by atoms with Gasteiger partial charge in [0.1, 0.15) is 10.7 Å². The molecule has 0 saturated heterocycles. The van der Waals surface area contributed by atoms with Crippen molar-refractivity contribution >= 4 is 29.6 Å². The summed E-state index contributed by atoms with van der Waals surface area (Å²) in [6, 6.07) is 3.07. The Bertz CT molecular complexity index is 607. The Morgan fingerprint density at radius 2 is 1.81 bits per heavy atom. The highest BCUT2D eigenvalue weighted by molar-refractivity contribution is 8.13. The quantitative estimate of drug-likeness (QED) is 0.786.